The maximum absolute atomic E-state index is 12.9. The summed E-state index contributed by atoms with van der Waals surface area (Å²) in [4.78, 5) is 29.7. The molecule has 1 aliphatic carbocycles. The molecule has 1 fully saturated rings. The van der Waals surface area contributed by atoms with Crippen molar-refractivity contribution in [3.63, 3.8) is 0 Å². The predicted octanol–water partition coefficient (Wildman–Crippen LogP) is 5.12. The Balaban J connectivity index is 1.10. The van der Waals surface area contributed by atoms with Crippen LogP contribution < -0.4 is 20.4 Å². The van der Waals surface area contributed by atoms with Crippen molar-refractivity contribution in [2.75, 3.05) is 36.0 Å². The number of anilines is 2. The fraction of sp³-hybridized carbons (Fsp3) is 0.500. The number of carbonyl (C=O) groups is 2. The summed E-state index contributed by atoms with van der Waals surface area (Å²) in [7, 11) is 0. The monoisotopic (exact) mass is 460 g/mol. The number of benzene rings is 2. The van der Waals surface area contributed by atoms with Gasteiger partial charge in [0.25, 0.3) is 0 Å². The van der Waals surface area contributed by atoms with Crippen molar-refractivity contribution in [1.82, 2.24) is 10.6 Å². The first kappa shape index (κ1) is 22.8. The van der Waals surface area contributed by atoms with Gasteiger partial charge in [0, 0.05) is 37.6 Å². The highest BCUT2D eigenvalue weighted by atomic mass is 16.2. The van der Waals surface area contributed by atoms with Crippen LogP contribution in [0.15, 0.2) is 48.5 Å². The van der Waals surface area contributed by atoms with E-state index >= 15 is 0 Å². The van der Waals surface area contributed by atoms with Crippen molar-refractivity contribution in [3.05, 3.63) is 59.7 Å². The quantitative estimate of drug-likeness (QED) is 0.665. The third-order valence-corrected chi connectivity index (χ3v) is 7.69. The molecular formula is C28H36N4O2. The highest BCUT2D eigenvalue weighted by molar-refractivity contribution is 5.94. The van der Waals surface area contributed by atoms with E-state index in [2.05, 4.69) is 22.8 Å². The first-order valence-corrected chi connectivity index (χ1v) is 13.0. The van der Waals surface area contributed by atoms with Gasteiger partial charge in [-0.1, -0.05) is 42.8 Å². The van der Waals surface area contributed by atoms with E-state index in [9.17, 15) is 9.59 Å². The van der Waals surface area contributed by atoms with Crippen LogP contribution in [0, 0.1) is 11.8 Å². The van der Waals surface area contributed by atoms with Gasteiger partial charge in [-0.05, 0) is 80.0 Å². The molecule has 2 N–H and O–H groups in total. The third-order valence-electron chi connectivity index (χ3n) is 7.69. The van der Waals surface area contributed by atoms with E-state index in [1.807, 2.05) is 46.2 Å². The Morgan fingerprint density at radius 3 is 1.68 bits per heavy atom. The van der Waals surface area contributed by atoms with Crippen LogP contribution in [0.2, 0.25) is 0 Å². The van der Waals surface area contributed by atoms with E-state index in [0.717, 1.165) is 75.8 Å². The van der Waals surface area contributed by atoms with E-state index in [1.165, 1.54) is 11.1 Å². The van der Waals surface area contributed by atoms with Crippen molar-refractivity contribution in [2.24, 2.45) is 11.8 Å². The van der Waals surface area contributed by atoms with Crippen LogP contribution >= 0.6 is 0 Å². The van der Waals surface area contributed by atoms with E-state index in [4.69, 9.17) is 0 Å². The van der Waals surface area contributed by atoms with E-state index < -0.39 is 0 Å². The highest BCUT2D eigenvalue weighted by Gasteiger charge is 2.27. The molecule has 0 bridgehead atoms. The second kappa shape index (κ2) is 10.5. The summed E-state index contributed by atoms with van der Waals surface area (Å²) in [5, 5.41) is 6.41. The minimum atomic E-state index is 0.0198. The first-order valence-electron chi connectivity index (χ1n) is 13.0. The van der Waals surface area contributed by atoms with Crippen molar-refractivity contribution < 1.29 is 9.59 Å². The number of aryl methyl sites for hydroxylation is 2. The van der Waals surface area contributed by atoms with Gasteiger partial charge in [0.1, 0.15) is 0 Å². The Labute approximate surface area is 202 Å². The first-order chi connectivity index (χ1) is 16.7. The van der Waals surface area contributed by atoms with Crippen LogP contribution in [0.5, 0.6) is 0 Å². The lowest BCUT2D eigenvalue weighted by Crippen LogP contribution is -2.46. The molecule has 34 heavy (non-hydrogen) atoms. The summed E-state index contributed by atoms with van der Waals surface area (Å²) in [5.41, 5.74) is 4.62. The number of urea groups is 2. The van der Waals surface area contributed by atoms with Gasteiger partial charge in [0.15, 0.2) is 0 Å². The normalized spacial score (nSPS) is 21.9. The number of rotatable bonds is 4. The maximum atomic E-state index is 12.9. The minimum absolute atomic E-state index is 0.0198. The molecule has 6 heteroatoms. The van der Waals surface area contributed by atoms with E-state index in [-0.39, 0.29) is 12.1 Å². The molecule has 0 unspecified atom stereocenters. The number of nitrogens with zero attached hydrogens (tertiary/aromatic N) is 2. The van der Waals surface area contributed by atoms with Crippen LogP contribution in [0.4, 0.5) is 21.0 Å². The fourth-order valence-electron chi connectivity index (χ4n) is 5.92. The summed E-state index contributed by atoms with van der Waals surface area (Å²) in [6.07, 6.45) is 8.59. The number of hydrogen-bond donors (Lipinski definition) is 2. The largest absolute Gasteiger partial charge is 0.337 e. The Bertz CT molecular complexity index is 943. The van der Waals surface area contributed by atoms with Crippen LogP contribution in [-0.2, 0) is 12.8 Å². The Kier molecular flexibility index (Phi) is 7.02. The van der Waals surface area contributed by atoms with Crippen LogP contribution in [0.25, 0.3) is 0 Å². The standard InChI is InChI=1S/C28H36N4O2/c33-27(31-16-6-12-23-10-1-3-14-25(23)31)29-19-21-8-5-9-22(18-21)20-30-28(34)32-17-7-13-24-11-2-4-15-26(24)32/h1-4,10-11,14-15,21-22H,5-9,12-13,16-20H2,(H,29,33)(H,30,34)/t21-,22-/m1/s1. The highest BCUT2D eigenvalue weighted by Crippen LogP contribution is 2.30. The number of carbonyl (C=O) groups excluding carboxylic acids is 2. The third kappa shape index (κ3) is 5.06. The fourth-order valence-corrected chi connectivity index (χ4v) is 5.92. The zero-order chi connectivity index (χ0) is 23.3. The van der Waals surface area contributed by atoms with Gasteiger partial charge in [-0.25, -0.2) is 9.59 Å². The molecule has 6 nitrogen and oxygen atoms in total. The molecule has 1 saturated carbocycles. The molecule has 2 aliphatic heterocycles. The Hall–Kier alpha value is -3.02. The minimum Gasteiger partial charge on any atom is -0.337 e. The Morgan fingerprint density at radius 1 is 0.706 bits per heavy atom. The molecule has 0 radical (unpaired) electrons. The molecule has 2 heterocycles. The second-order valence-electron chi connectivity index (χ2n) is 10.0. The molecule has 2 aromatic carbocycles. The van der Waals surface area contributed by atoms with Gasteiger partial charge < -0.3 is 10.6 Å². The molecule has 3 aliphatic rings. The number of amides is 4. The smallest absolute Gasteiger partial charge is 0.321 e. The summed E-state index contributed by atoms with van der Waals surface area (Å²) in [6.45, 7) is 2.98. The molecule has 2 aromatic rings. The van der Waals surface area contributed by atoms with E-state index in [1.54, 1.807) is 0 Å². The Morgan fingerprint density at radius 2 is 1.18 bits per heavy atom. The lowest BCUT2D eigenvalue weighted by atomic mass is 9.81. The van der Waals surface area contributed by atoms with Crippen molar-refractivity contribution in [3.8, 4) is 0 Å². The van der Waals surface area contributed by atoms with Crippen LogP contribution in [0.3, 0.4) is 0 Å². The topological polar surface area (TPSA) is 64.7 Å². The number of nitrogens with one attached hydrogen (secondary N) is 2. The zero-order valence-corrected chi connectivity index (χ0v) is 20.0. The van der Waals surface area contributed by atoms with Gasteiger partial charge in [0.05, 0.1) is 0 Å². The summed E-state index contributed by atoms with van der Waals surface area (Å²) < 4.78 is 0. The maximum Gasteiger partial charge on any atom is 0.321 e. The van der Waals surface area contributed by atoms with Crippen LogP contribution in [0.1, 0.15) is 49.7 Å². The molecule has 0 aromatic heterocycles. The van der Waals surface area contributed by atoms with Crippen molar-refractivity contribution >= 4 is 23.4 Å². The number of para-hydroxylation sites is 2. The average Bonchev–Trinajstić information content (AvgIpc) is 2.90. The molecule has 0 spiro atoms. The zero-order valence-electron chi connectivity index (χ0n) is 20.0. The predicted molar refractivity (Wildman–Crippen MR) is 136 cm³/mol. The van der Waals surface area contributed by atoms with Crippen molar-refractivity contribution in [1.29, 1.82) is 0 Å². The van der Waals surface area contributed by atoms with Gasteiger partial charge in [-0.2, -0.15) is 0 Å². The lowest BCUT2D eigenvalue weighted by molar-refractivity contribution is 0.225. The van der Waals surface area contributed by atoms with Gasteiger partial charge >= 0.3 is 12.1 Å². The van der Waals surface area contributed by atoms with Gasteiger partial charge in [-0.3, -0.25) is 9.80 Å². The molecule has 180 valence electrons. The number of fused-ring (bicyclic) bond motifs is 2. The lowest BCUT2D eigenvalue weighted by Gasteiger charge is -2.33. The molecule has 5 rings (SSSR count). The second-order valence-corrected chi connectivity index (χ2v) is 10.0. The summed E-state index contributed by atoms with van der Waals surface area (Å²) in [6, 6.07) is 16.5. The van der Waals surface area contributed by atoms with Gasteiger partial charge in [-0.15, -0.1) is 0 Å². The van der Waals surface area contributed by atoms with Gasteiger partial charge in [0.2, 0.25) is 0 Å². The molecule has 4 amide bonds. The van der Waals surface area contributed by atoms with E-state index in [0.29, 0.717) is 24.9 Å². The van der Waals surface area contributed by atoms with Crippen molar-refractivity contribution in [2.45, 2.75) is 51.4 Å². The summed E-state index contributed by atoms with van der Waals surface area (Å²) in [5.74, 6) is 0.936. The molecular weight excluding hydrogens is 424 g/mol. The molecule has 0 saturated heterocycles. The summed E-state index contributed by atoms with van der Waals surface area (Å²) >= 11 is 0. The molecule has 2 atom stereocenters. The SMILES string of the molecule is O=C(NC[C@@H]1CCC[C@@H](CNC(=O)N2CCCc3ccccc32)C1)N1CCCc2ccccc21. The van der Waals surface area contributed by atoms with Crippen LogP contribution in [-0.4, -0.2) is 38.2 Å². The number of hydrogen-bond acceptors (Lipinski definition) is 2. The average molecular weight is 461 g/mol.